The van der Waals surface area contributed by atoms with Crippen molar-refractivity contribution in [3.8, 4) is 0 Å². The molecular formula is C21H22FN3O4S. The Hall–Kier alpha value is -2.78. The number of nitrogens with zero attached hydrogens (tertiary/aromatic N) is 3. The maximum atomic E-state index is 13.1. The summed E-state index contributed by atoms with van der Waals surface area (Å²) >= 11 is 0. The molecule has 0 unspecified atom stereocenters. The second-order valence-electron chi connectivity index (χ2n) is 7.39. The summed E-state index contributed by atoms with van der Waals surface area (Å²) in [6.07, 6.45) is 4.47. The van der Waals surface area contributed by atoms with Crippen molar-refractivity contribution in [2.75, 3.05) is 13.1 Å². The van der Waals surface area contributed by atoms with Crippen LogP contribution in [0.25, 0.3) is 5.65 Å². The van der Waals surface area contributed by atoms with Gasteiger partial charge in [0.15, 0.2) is 0 Å². The maximum absolute atomic E-state index is 13.1. The topological polar surface area (TPSA) is 81.0 Å². The third-order valence-electron chi connectivity index (χ3n) is 5.33. The van der Waals surface area contributed by atoms with Crippen LogP contribution >= 0.6 is 0 Å². The number of aromatic nitrogens is 2. The lowest BCUT2D eigenvalue weighted by molar-refractivity contribution is -0.151. The van der Waals surface area contributed by atoms with E-state index in [4.69, 9.17) is 4.74 Å². The highest BCUT2D eigenvalue weighted by Gasteiger charge is 2.32. The molecule has 1 aliphatic rings. The predicted molar refractivity (Wildman–Crippen MR) is 108 cm³/mol. The number of hydrogen-bond acceptors (Lipinski definition) is 5. The van der Waals surface area contributed by atoms with Gasteiger partial charge in [-0.15, -0.1) is 0 Å². The summed E-state index contributed by atoms with van der Waals surface area (Å²) in [7, 11) is -3.70. The highest BCUT2D eigenvalue weighted by Crippen LogP contribution is 2.25. The van der Waals surface area contributed by atoms with Crippen LogP contribution in [0.1, 0.15) is 24.1 Å². The van der Waals surface area contributed by atoms with Gasteiger partial charge in [0, 0.05) is 25.5 Å². The zero-order valence-electron chi connectivity index (χ0n) is 16.5. The number of pyridine rings is 1. The monoisotopic (exact) mass is 431 g/mol. The number of sulfonamides is 1. The lowest BCUT2D eigenvalue weighted by Crippen LogP contribution is -2.40. The van der Waals surface area contributed by atoms with Gasteiger partial charge in [-0.05, 0) is 55.7 Å². The summed E-state index contributed by atoms with van der Waals surface area (Å²) in [5, 5.41) is 0. The fourth-order valence-corrected chi connectivity index (χ4v) is 5.09. The number of carbonyl (C=O) groups is 1. The van der Waals surface area contributed by atoms with Crippen molar-refractivity contribution in [2.24, 2.45) is 5.92 Å². The van der Waals surface area contributed by atoms with Crippen molar-refractivity contribution < 1.29 is 22.3 Å². The molecule has 0 radical (unpaired) electrons. The van der Waals surface area contributed by atoms with E-state index in [2.05, 4.69) is 4.98 Å². The van der Waals surface area contributed by atoms with E-state index in [0.29, 0.717) is 18.5 Å². The van der Waals surface area contributed by atoms with Gasteiger partial charge in [-0.1, -0.05) is 6.07 Å². The highest BCUT2D eigenvalue weighted by molar-refractivity contribution is 7.89. The molecule has 7 nitrogen and oxygen atoms in total. The fourth-order valence-electron chi connectivity index (χ4n) is 3.62. The molecule has 0 N–H and O–H groups in total. The van der Waals surface area contributed by atoms with Crippen LogP contribution < -0.4 is 0 Å². The average molecular weight is 431 g/mol. The van der Waals surface area contributed by atoms with Crippen molar-refractivity contribution in [3.63, 3.8) is 0 Å². The van der Waals surface area contributed by atoms with Gasteiger partial charge >= 0.3 is 5.97 Å². The molecule has 4 rings (SSSR count). The molecule has 1 aromatic carbocycles. The normalized spacial score (nSPS) is 16.1. The van der Waals surface area contributed by atoms with Crippen LogP contribution in [0, 0.1) is 18.7 Å². The van der Waals surface area contributed by atoms with E-state index in [9.17, 15) is 17.6 Å². The number of halogens is 1. The Morgan fingerprint density at radius 2 is 1.90 bits per heavy atom. The van der Waals surface area contributed by atoms with Crippen LogP contribution in [0.15, 0.2) is 53.7 Å². The first-order valence-corrected chi connectivity index (χ1v) is 11.1. The second-order valence-corrected chi connectivity index (χ2v) is 9.33. The average Bonchev–Trinajstić information content (AvgIpc) is 3.17. The molecule has 0 aliphatic carbocycles. The maximum Gasteiger partial charge on any atom is 0.309 e. The number of carbonyl (C=O) groups excluding carboxylic acids is 1. The standard InChI is InChI=1S/C21H22FN3O4S/c1-15-3-2-10-24-13-18(23-20(15)24)14-29-21(26)16-8-11-25(12-9-16)30(27,28)19-6-4-17(22)5-7-19/h2-7,10,13,16H,8-9,11-12,14H2,1H3. The van der Waals surface area contributed by atoms with E-state index < -0.39 is 15.8 Å². The summed E-state index contributed by atoms with van der Waals surface area (Å²) in [6.45, 7) is 2.47. The molecule has 1 fully saturated rings. The molecule has 2 aromatic heterocycles. The van der Waals surface area contributed by atoms with Gasteiger partial charge in [0.1, 0.15) is 18.1 Å². The number of benzene rings is 1. The first-order chi connectivity index (χ1) is 14.3. The lowest BCUT2D eigenvalue weighted by Gasteiger charge is -2.30. The third-order valence-corrected chi connectivity index (χ3v) is 7.24. The molecule has 30 heavy (non-hydrogen) atoms. The van der Waals surface area contributed by atoms with E-state index >= 15 is 0 Å². The molecule has 158 valence electrons. The quantitative estimate of drug-likeness (QED) is 0.581. The number of rotatable bonds is 5. The van der Waals surface area contributed by atoms with Crippen molar-refractivity contribution >= 4 is 21.6 Å². The SMILES string of the molecule is Cc1cccn2cc(COC(=O)C3CCN(S(=O)(=O)c4ccc(F)cc4)CC3)nc12. The van der Waals surface area contributed by atoms with Gasteiger partial charge in [0.2, 0.25) is 10.0 Å². The molecule has 0 saturated carbocycles. The molecule has 0 bridgehead atoms. The molecule has 1 saturated heterocycles. The molecule has 3 heterocycles. The van der Waals surface area contributed by atoms with Crippen molar-refractivity contribution in [1.29, 1.82) is 0 Å². The lowest BCUT2D eigenvalue weighted by atomic mass is 9.98. The zero-order chi connectivity index (χ0) is 21.3. The fraction of sp³-hybridized carbons (Fsp3) is 0.333. The number of ether oxygens (including phenoxy) is 1. The third kappa shape index (κ3) is 4.08. The number of fused-ring (bicyclic) bond motifs is 1. The van der Waals surface area contributed by atoms with E-state index in [1.807, 2.05) is 35.9 Å². The molecule has 1 aliphatic heterocycles. The van der Waals surface area contributed by atoms with Gasteiger partial charge in [-0.25, -0.2) is 17.8 Å². The predicted octanol–water partition coefficient (Wildman–Crippen LogP) is 2.93. The molecule has 0 spiro atoms. The summed E-state index contributed by atoms with van der Waals surface area (Å²) in [4.78, 5) is 17.0. The first kappa shape index (κ1) is 20.5. The highest BCUT2D eigenvalue weighted by atomic mass is 32.2. The van der Waals surface area contributed by atoms with Gasteiger partial charge in [-0.3, -0.25) is 4.79 Å². The van der Waals surface area contributed by atoms with Gasteiger partial charge in [0.05, 0.1) is 16.5 Å². The largest absolute Gasteiger partial charge is 0.459 e. The van der Waals surface area contributed by atoms with Gasteiger partial charge in [-0.2, -0.15) is 4.31 Å². The van der Waals surface area contributed by atoms with Crippen LogP contribution in [0.2, 0.25) is 0 Å². The Morgan fingerprint density at radius 1 is 1.20 bits per heavy atom. The first-order valence-electron chi connectivity index (χ1n) is 9.70. The number of imidazole rings is 1. The Balaban J connectivity index is 1.33. The summed E-state index contributed by atoms with van der Waals surface area (Å²) in [5.41, 5.74) is 2.52. The second kappa shape index (κ2) is 8.16. The Labute approximate surface area is 174 Å². The number of esters is 1. The summed E-state index contributed by atoms with van der Waals surface area (Å²) < 4.78 is 47.1. The minimum Gasteiger partial charge on any atom is -0.459 e. The van der Waals surface area contributed by atoms with E-state index in [1.54, 1.807) is 0 Å². The molecule has 9 heteroatoms. The minimum atomic E-state index is -3.70. The molecule has 0 amide bonds. The Kier molecular flexibility index (Phi) is 5.57. The number of piperidine rings is 1. The number of aryl methyl sites for hydroxylation is 1. The Morgan fingerprint density at radius 3 is 2.57 bits per heavy atom. The molecule has 0 atom stereocenters. The summed E-state index contributed by atoms with van der Waals surface area (Å²) in [6, 6.07) is 8.64. The number of hydrogen-bond donors (Lipinski definition) is 0. The van der Waals surface area contributed by atoms with Crippen LogP contribution in [0.4, 0.5) is 4.39 Å². The summed E-state index contributed by atoms with van der Waals surface area (Å²) in [5.74, 6) is -1.19. The van der Waals surface area contributed by atoms with E-state index in [1.165, 1.54) is 16.4 Å². The Bertz CT molecular complexity index is 1170. The van der Waals surface area contributed by atoms with E-state index in [0.717, 1.165) is 23.3 Å². The van der Waals surface area contributed by atoms with Crippen LogP contribution in [0.3, 0.4) is 0 Å². The molecule has 3 aromatic rings. The van der Waals surface area contributed by atoms with E-state index in [-0.39, 0.29) is 36.5 Å². The van der Waals surface area contributed by atoms with Crippen molar-refractivity contribution in [2.45, 2.75) is 31.3 Å². The molecular weight excluding hydrogens is 409 g/mol. The van der Waals surface area contributed by atoms with Crippen molar-refractivity contribution in [3.05, 3.63) is 65.9 Å². The van der Waals surface area contributed by atoms with Crippen LogP contribution in [-0.2, 0) is 26.2 Å². The van der Waals surface area contributed by atoms with Crippen LogP contribution in [0.5, 0.6) is 0 Å². The van der Waals surface area contributed by atoms with Gasteiger partial charge < -0.3 is 9.14 Å². The van der Waals surface area contributed by atoms with Crippen molar-refractivity contribution in [1.82, 2.24) is 13.7 Å². The smallest absolute Gasteiger partial charge is 0.309 e. The van der Waals surface area contributed by atoms with Gasteiger partial charge in [0.25, 0.3) is 0 Å². The minimum absolute atomic E-state index is 0.0482. The van der Waals surface area contributed by atoms with Crippen LogP contribution in [-0.4, -0.2) is 41.2 Å². The zero-order valence-corrected chi connectivity index (χ0v) is 17.3.